The number of ketones is 1. The minimum atomic E-state index is -0.0481. The number of aromatic nitrogens is 1. The molecular formula is C9H10N2O. The van der Waals surface area contributed by atoms with Gasteiger partial charge < -0.3 is 5.73 Å². The third-order valence-corrected chi connectivity index (χ3v) is 1.41. The van der Waals surface area contributed by atoms with E-state index in [2.05, 4.69) is 11.6 Å². The third-order valence-electron chi connectivity index (χ3n) is 1.41. The Kier molecular flexibility index (Phi) is 2.58. The fourth-order valence-corrected chi connectivity index (χ4v) is 0.847. The van der Waals surface area contributed by atoms with Gasteiger partial charge in [0.2, 0.25) is 0 Å². The summed E-state index contributed by atoms with van der Waals surface area (Å²) in [5, 5.41) is 0. The van der Waals surface area contributed by atoms with Crippen molar-refractivity contribution in [1.82, 2.24) is 4.98 Å². The fourth-order valence-electron chi connectivity index (χ4n) is 0.847. The number of carbonyl (C=O) groups excluding carboxylic acids is 1. The zero-order valence-corrected chi connectivity index (χ0v) is 6.66. The fraction of sp³-hybridized carbons (Fsp3) is 0.111. The van der Waals surface area contributed by atoms with Crippen molar-refractivity contribution >= 4 is 11.6 Å². The highest BCUT2D eigenvalue weighted by atomic mass is 16.1. The lowest BCUT2D eigenvalue weighted by Crippen LogP contribution is -2.01. The minimum Gasteiger partial charge on any atom is -0.384 e. The molecule has 0 atom stereocenters. The highest BCUT2D eigenvalue weighted by Gasteiger charge is 1.99. The molecule has 0 aliphatic rings. The molecule has 0 bridgehead atoms. The van der Waals surface area contributed by atoms with Crippen molar-refractivity contribution in [3.63, 3.8) is 0 Å². The van der Waals surface area contributed by atoms with Gasteiger partial charge in [-0.15, -0.1) is 0 Å². The SMILES string of the molecule is C=CC(=O)Cc1cccc(N)n1. The van der Waals surface area contributed by atoms with Crippen LogP contribution >= 0.6 is 0 Å². The molecule has 0 saturated carbocycles. The van der Waals surface area contributed by atoms with Gasteiger partial charge in [0.05, 0.1) is 12.1 Å². The van der Waals surface area contributed by atoms with Crippen LogP contribution in [0.3, 0.4) is 0 Å². The van der Waals surface area contributed by atoms with E-state index in [1.165, 1.54) is 6.08 Å². The first-order valence-electron chi connectivity index (χ1n) is 3.59. The van der Waals surface area contributed by atoms with Gasteiger partial charge in [-0.2, -0.15) is 0 Å². The number of allylic oxidation sites excluding steroid dienone is 1. The Bertz CT molecular complexity index is 307. The van der Waals surface area contributed by atoms with Crippen LogP contribution in [-0.2, 0) is 11.2 Å². The van der Waals surface area contributed by atoms with Gasteiger partial charge >= 0.3 is 0 Å². The largest absolute Gasteiger partial charge is 0.384 e. The first-order valence-corrected chi connectivity index (χ1v) is 3.59. The second kappa shape index (κ2) is 3.67. The van der Waals surface area contributed by atoms with Gasteiger partial charge in [0.1, 0.15) is 5.82 Å². The molecule has 3 nitrogen and oxygen atoms in total. The van der Waals surface area contributed by atoms with E-state index < -0.39 is 0 Å². The molecule has 0 saturated heterocycles. The van der Waals surface area contributed by atoms with Crippen molar-refractivity contribution in [2.24, 2.45) is 0 Å². The summed E-state index contributed by atoms with van der Waals surface area (Å²) >= 11 is 0. The van der Waals surface area contributed by atoms with E-state index in [1.54, 1.807) is 18.2 Å². The summed E-state index contributed by atoms with van der Waals surface area (Å²) in [5.74, 6) is 0.387. The molecule has 1 rings (SSSR count). The molecule has 62 valence electrons. The van der Waals surface area contributed by atoms with Crippen LogP contribution < -0.4 is 5.73 Å². The number of hydrogen-bond acceptors (Lipinski definition) is 3. The van der Waals surface area contributed by atoms with Crippen LogP contribution in [0, 0.1) is 0 Å². The van der Waals surface area contributed by atoms with Gasteiger partial charge in [-0.25, -0.2) is 4.98 Å². The van der Waals surface area contributed by atoms with E-state index >= 15 is 0 Å². The normalized spacial score (nSPS) is 9.33. The zero-order chi connectivity index (χ0) is 8.97. The molecule has 0 unspecified atom stereocenters. The van der Waals surface area contributed by atoms with Gasteiger partial charge in [0.15, 0.2) is 5.78 Å². The first kappa shape index (κ1) is 8.46. The highest BCUT2D eigenvalue weighted by Crippen LogP contribution is 2.01. The maximum atomic E-state index is 10.9. The Labute approximate surface area is 70.9 Å². The second-order valence-electron chi connectivity index (χ2n) is 2.40. The van der Waals surface area contributed by atoms with Crippen molar-refractivity contribution in [3.05, 3.63) is 36.5 Å². The summed E-state index contributed by atoms with van der Waals surface area (Å²) in [5.41, 5.74) is 6.11. The maximum absolute atomic E-state index is 10.9. The molecule has 0 radical (unpaired) electrons. The Balaban J connectivity index is 2.76. The lowest BCUT2D eigenvalue weighted by Gasteiger charge is -1.97. The third kappa shape index (κ3) is 2.20. The minimum absolute atomic E-state index is 0.0481. The lowest BCUT2D eigenvalue weighted by atomic mass is 10.2. The van der Waals surface area contributed by atoms with Crippen LogP contribution in [-0.4, -0.2) is 10.8 Å². The number of rotatable bonds is 3. The number of nitrogens with two attached hydrogens (primary N) is 1. The van der Waals surface area contributed by atoms with Crippen molar-refractivity contribution in [1.29, 1.82) is 0 Å². The maximum Gasteiger partial charge on any atom is 0.161 e. The van der Waals surface area contributed by atoms with Gasteiger partial charge in [0, 0.05) is 0 Å². The predicted molar refractivity (Wildman–Crippen MR) is 47.6 cm³/mol. The van der Waals surface area contributed by atoms with E-state index in [4.69, 9.17) is 5.73 Å². The van der Waals surface area contributed by atoms with Crippen LogP contribution in [0.2, 0.25) is 0 Å². The average molecular weight is 162 g/mol. The summed E-state index contributed by atoms with van der Waals surface area (Å²) in [6.07, 6.45) is 1.55. The van der Waals surface area contributed by atoms with Gasteiger partial charge in [0.25, 0.3) is 0 Å². The van der Waals surface area contributed by atoms with Gasteiger partial charge in [-0.1, -0.05) is 12.6 Å². The average Bonchev–Trinajstić information content (AvgIpc) is 2.04. The molecule has 0 spiro atoms. The van der Waals surface area contributed by atoms with Crippen molar-refractivity contribution in [2.75, 3.05) is 5.73 Å². The monoisotopic (exact) mass is 162 g/mol. The topological polar surface area (TPSA) is 56.0 Å². The Morgan fingerprint density at radius 3 is 3.00 bits per heavy atom. The quantitative estimate of drug-likeness (QED) is 0.673. The Hall–Kier alpha value is -1.64. The summed E-state index contributed by atoms with van der Waals surface area (Å²) in [6, 6.07) is 5.22. The van der Waals surface area contributed by atoms with Crippen LogP contribution in [0.4, 0.5) is 5.82 Å². The van der Waals surface area contributed by atoms with E-state index in [0.717, 1.165) is 0 Å². The standard InChI is InChI=1S/C9H10N2O/c1-2-8(12)6-7-4-3-5-9(10)11-7/h2-5H,1,6H2,(H2,10,11). The Morgan fingerprint density at radius 2 is 2.42 bits per heavy atom. The zero-order valence-electron chi connectivity index (χ0n) is 6.66. The molecule has 3 heteroatoms. The molecule has 0 aromatic carbocycles. The lowest BCUT2D eigenvalue weighted by molar-refractivity contribution is -0.114. The molecule has 1 aromatic rings. The number of nitrogen functional groups attached to an aromatic ring is 1. The summed E-state index contributed by atoms with van der Waals surface area (Å²) in [6.45, 7) is 3.37. The van der Waals surface area contributed by atoms with E-state index in [1.807, 2.05) is 0 Å². The number of anilines is 1. The molecule has 1 heterocycles. The van der Waals surface area contributed by atoms with E-state index in [9.17, 15) is 4.79 Å². The molecule has 0 amide bonds. The second-order valence-corrected chi connectivity index (χ2v) is 2.40. The molecule has 12 heavy (non-hydrogen) atoms. The molecule has 0 aliphatic carbocycles. The number of nitrogens with zero attached hydrogens (tertiary/aromatic N) is 1. The molecule has 0 fully saturated rings. The number of carbonyl (C=O) groups is 1. The van der Waals surface area contributed by atoms with Crippen LogP contribution in [0.25, 0.3) is 0 Å². The predicted octanol–water partition coefficient (Wildman–Crippen LogP) is 0.961. The van der Waals surface area contributed by atoms with Crippen molar-refractivity contribution in [3.8, 4) is 0 Å². The van der Waals surface area contributed by atoms with E-state index in [0.29, 0.717) is 11.5 Å². The summed E-state index contributed by atoms with van der Waals surface area (Å²) in [4.78, 5) is 14.9. The van der Waals surface area contributed by atoms with E-state index in [-0.39, 0.29) is 12.2 Å². The molecular weight excluding hydrogens is 152 g/mol. The van der Waals surface area contributed by atoms with Crippen LogP contribution in [0.5, 0.6) is 0 Å². The van der Waals surface area contributed by atoms with Crippen molar-refractivity contribution in [2.45, 2.75) is 6.42 Å². The Morgan fingerprint density at radius 1 is 1.67 bits per heavy atom. The first-order chi connectivity index (χ1) is 5.72. The molecule has 1 aromatic heterocycles. The highest BCUT2D eigenvalue weighted by molar-refractivity contribution is 5.90. The molecule has 2 N–H and O–H groups in total. The smallest absolute Gasteiger partial charge is 0.161 e. The number of pyridine rings is 1. The number of hydrogen-bond donors (Lipinski definition) is 1. The summed E-state index contributed by atoms with van der Waals surface area (Å²) in [7, 11) is 0. The van der Waals surface area contributed by atoms with Gasteiger partial charge in [-0.05, 0) is 18.2 Å². The molecule has 0 aliphatic heterocycles. The van der Waals surface area contributed by atoms with Crippen LogP contribution in [0.15, 0.2) is 30.9 Å². The summed E-state index contributed by atoms with van der Waals surface area (Å²) < 4.78 is 0. The van der Waals surface area contributed by atoms with Crippen LogP contribution in [0.1, 0.15) is 5.69 Å². The van der Waals surface area contributed by atoms with Crippen molar-refractivity contribution < 1.29 is 4.79 Å². The van der Waals surface area contributed by atoms with Gasteiger partial charge in [-0.3, -0.25) is 4.79 Å².